The summed E-state index contributed by atoms with van der Waals surface area (Å²) >= 11 is 0. The smallest absolute Gasteiger partial charge is 0.414 e. The first-order valence-corrected chi connectivity index (χ1v) is 9.29. The lowest BCUT2D eigenvalue weighted by molar-refractivity contribution is 0.143. The molecule has 0 bridgehead atoms. The minimum absolute atomic E-state index is 0.0377. The van der Waals surface area contributed by atoms with Crippen molar-refractivity contribution in [3.63, 3.8) is 0 Å². The van der Waals surface area contributed by atoms with E-state index in [1.807, 2.05) is 0 Å². The van der Waals surface area contributed by atoms with E-state index in [0.717, 1.165) is 0 Å². The molecule has 1 fully saturated rings. The van der Waals surface area contributed by atoms with E-state index in [4.69, 9.17) is 14.2 Å². The highest BCUT2D eigenvalue weighted by Crippen LogP contribution is 2.36. The standard InChI is InChI=1S/C16H15N3O6S/c20-16-19(11-3-4-14-15(6-11)24-10-23-14)9-12(25-16)7-18-26(21,22)13-2-1-5-17-8-13/h1-6,8,12,18H,7,9-10H2/t12-/m1/s1. The van der Waals surface area contributed by atoms with Crippen LogP contribution in [-0.2, 0) is 14.8 Å². The molecule has 0 aliphatic carbocycles. The third kappa shape index (κ3) is 3.16. The molecule has 1 amide bonds. The molecule has 0 unspecified atom stereocenters. The highest BCUT2D eigenvalue weighted by Gasteiger charge is 2.34. The molecule has 1 atom stereocenters. The molecule has 3 heterocycles. The van der Waals surface area contributed by atoms with Gasteiger partial charge in [-0.3, -0.25) is 9.88 Å². The molecule has 26 heavy (non-hydrogen) atoms. The Morgan fingerprint density at radius 2 is 2.08 bits per heavy atom. The number of hydrogen-bond donors (Lipinski definition) is 1. The zero-order valence-electron chi connectivity index (χ0n) is 13.5. The molecule has 0 spiro atoms. The van der Waals surface area contributed by atoms with Gasteiger partial charge in [-0.25, -0.2) is 17.9 Å². The Morgan fingerprint density at radius 1 is 1.23 bits per heavy atom. The lowest BCUT2D eigenvalue weighted by Crippen LogP contribution is -2.34. The first-order chi connectivity index (χ1) is 12.5. The van der Waals surface area contributed by atoms with Crippen molar-refractivity contribution in [1.82, 2.24) is 9.71 Å². The summed E-state index contributed by atoms with van der Waals surface area (Å²) in [5, 5.41) is 0. The van der Waals surface area contributed by atoms with Crippen LogP contribution >= 0.6 is 0 Å². The number of nitrogens with zero attached hydrogens (tertiary/aromatic N) is 2. The van der Waals surface area contributed by atoms with Crippen molar-refractivity contribution in [3.8, 4) is 11.5 Å². The number of fused-ring (bicyclic) bond motifs is 1. The molecule has 136 valence electrons. The minimum Gasteiger partial charge on any atom is -0.454 e. The Labute approximate surface area is 149 Å². The van der Waals surface area contributed by atoms with Crippen molar-refractivity contribution >= 4 is 21.8 Å². The minimum atomic E-state index is -3.71. The summed E-state index contributed by atoms with van der Waals surface area (Å²) in [7, 11) is -3.71. The number of anilines is 1. The number of benzene rings is 1. The van der Waals surface area contributed by atoms with Gasteiger partial charge in [-0.1, -0.05) is 0 Å². The van der Waals surface area contributed by atoms with E-state index in [2.05, 4.69) is 9.71 Å². The summed E-state index contributed by atoms with van der Waals surface area (Å²) in [6.07, 6.45) is 1.58. The molecule has 1 aromatic carbocycles. The topological polar surface area (TPSA) is 107 Å². The highest BCUT2D eigenvalue weighted by atomic mass is 32.2. The molecule has 1 aromatic heterocycles. The van der Waals surface area contributed by atoms with Crippen molar-refractivity contribution in [2.24, 2.45) is 0 Å². The van der Waals surface area contributed by atoms with Gasteiger partial charge in [-0.15, -0.1) is 0 Å². The lowest BCUT2D eigenvalue weighted by Gasteiger charge is -2.13. The quantitative estimate of drug-likeness (QED) is 0.832. The molecule has 2 aliphatic heterocycles. The normalized spacial score (nSPS) is 18.8. The van der Waals surface area contributed by atoms with Crippen LogP contribution in [-0.4, -0.2) is 45.5 Å². The number of nitrogens with one attached hydrogen (secondary N) is 1. The van der Waals surface area contributed by atoms with Crippen LogP contribution in [0.1, 0.15) is 0 Å². The predicted molar refractivity (Wildman–Crippen MR) is 89.6 cm³/mol. The summed E-state index contributed by atoms with van der Waals surface area (Å²) in [4.78, 5) is 17.4. The lowest BCUT2D eigenvalue weighted by atomic mass is 10.2. The van der Waals surface area contributed by atoms with Gasteiger partial charge in [0.15, 0.2) is 11.5 Å². The van der Waals surface area contributed by atoms with Crippen LogP contribution in [0, 0.1) is 0 Å². The number of hydrogen-bond acceptors (Lipinski definition) is 7. The van der Waals surface area contributed by atoms with Crippen LogP contribution in [0.25, 0.3) is 0 Å². The van der Waals surface area contributed by atoms with Crippen LogP contribution < -0.4 is 19.1 Å². The number of carbonyl (C=O) groups excluding carboxylic acids is 1. The van der Waals surface area contributed by atoms with Crippen molar-refractivity contribution in [2.45, 2.75) is 11.0 Å². The zero-order chi connectivity index (χ0) is 18.1. The van der Waals surface area contributed by atoms with Gasteiger partial charge in [0.05, 0.1) is 12.2 Å². The van der Waals surface area contributed by atoms with Crippen molar-refractivity contribution < 1.29 is 27.4 Å². The molecular weight excluding hydrogens is 362 g/mol. The monoisotopic (exact) mass is 377 g/mol. The molecule has 2 aliphatic rings. The summed E-state index contributed by atoms with van der Waals surface area (Å²) in [5.41, 5.74) is 0.594. The number of pyridine rings is 1. The summed E-state index contributed by atoms with van der Waals surface area (Å²) in [6, 6.07) is 8.09. The second kappa shape index (κ2) is 6.46. The molecule has 0 saturated carbocycles. The van der Waals surface area contributed by atoms with Gasteiger partial charge in [0.2, 0.25) is 16.8 Å². The SMILES string of the molecule is O=C1O[C@H](CNS(=O)(=O)c2cccnc2)CN1c1ccc2c(c1)OCO2. The highest BCUT2D eigenvalue weighted by molar-refractivity contribution is 7.89. The second-order valence-electron chi connectivity index (χ2n) is 5.69. The first kappa shape index (κ1) is 16.6. The van der Waals surface area contributed by atoms with E-state index >= 15 is 0 Å². The fraction of sp³-hybridized carbons (Fsp3) is 0.250. The van der Waals surface area contributed by atoms with Gasteiger partial charge in [0, 0.05) is 25.0 Å². The Kier molecular flexibility index (Phi) is 4.13. The van der Waals surface area contributed by atoms with E-state index in [1.54, 1.807) is 18.2 Å². The van der Waals surface area contributed by atoms with Crippen molar-refractivity contribution in [1.29, 1.82) is 0 Å². The number of sulfonamides is 1. The van der Waals surface area contributed by atoms with E-state index in [9.17, 15) is 13.2 Å². The van der Waals surface area contributed by atoms with E-state index < -0.39 is 22.2 Å². The van der Waals surface area contributed by atoms with Crippen LogP contribution in [0.3, 0.4) is 0 Å². The zero-order valence-corrected chi connectivity index (χ0v) is 14.3. The van der Waals surface area contributed by atoms with Gasteiger partial charge in [-0.2, -0.15) is 0 Å². The van der Waals surface area contributed by atoms with Crippen LogP contribution in [0.15, 0.2) is 47.6 Å². The number of ether oxygens (including phenoxy) is 3. The maximum Gasteiger partial charge on any atom is 0.414 e. The molecule has 1 N–H and O–H groups in total. The van der Waals surface area contributed by atoms with E-state index in [1.165, 1.54) is 29.4 Å². The molecule has 9 nitrogen and oxygen atoms in total. The number of amides is 1. The fourth-order valence-electron chi connectivity index (χ4n) is 2.68. The maximum atomic E-state index is 12.2. The van der Waals surface area contributed by atoms with E-state index in [-0.39, 0.29) is 24.8 Å². The number of aromatic nitrogens is 1. The molecule has 10 heteroatoms. The summed E-state index contributed by atoms with van der Waals surface area (Å²) in [6.45, 7) is 0.319. The van der Waals surface area contributed by atoms with Crippen molar-refractivity contribution in [2.75, 3.05) is 24.8 Å². The third-order valence-corrected chi connectivity index (χ3v) is 5.40. The van der Waals surface area contributed by atoms with Crippen LogP contribution in [0.4, 0.5) is 10.5 Å². The molecule has 2 aromatic rings. The van der Waals surface area contributed by atoms with E-state index in [0.29, 0.717) is 17.2 Å². The predicted octanol–water partition coefficient (Wildman–Crippen LogP) is 1.11. The first-order valence-electron chi connectivity index (χ1n) is 7.80. The molecular formula is C16H15N3O6S. The third-order valence-electron chi connectivity index (χ3n) is 3.99. The van der Waals surface area contributed by atoms with Crippen molar-refractivity contribution in [3.05, 3.63) is 42.7 Å². The second-order valence-corrected chi connectivity index (χ2v) is 7.46. The Bertz CT molecular complexity index is 934. The maximum absolute atomic E-state index is 12.2. The largest absolute Gasteiger partial charge is 0.454 e. The van der Waals surface area contributed by atoms with Crippen LogP contribution in [0.5, 0.6) is 11.5 Å². The summed E-state index contributed by atoms with van der Waals surface area (Å²) in [5.74, 6) is 1.16. The van der Waals surface area contributed by atoms with Crippen LogP contribution in [0.2, 0.25) is 0 Å². The van der Waals surface area contributed by atoms with Gasteiger partial charge < -0.3 is 14.2 Å². The molecule has 4 rings (SSSR count). The van der Waals surface area contributed by atoms with Gasteiger partial charge >= 0.3 is 6.09 Å². The average molecular weight is 377 g/mol. The number of rotatable bonds is 5. The summed E-state index contributed by atoms with van der Waals surface area (Å²) < 4.78 is 42.7. The Balaban J connectivity index is 1.42. The number of cyclic esters (lactones) is 1. The fourth-order valence-corrected chi connectivity index (χ4v) is 3.71. The average Bonchev–Trinajstić information content (AvgIpc) is 3.26. The van der Waals surface area contributed by atoms with Gasteiger partial charge in [0.25, 0.3) is 0 Å². The number of carbonyl (C=O) groups is 1. The van der Waals surface area contributed by atoms with Gasteiger partial charge in [-0.05, 0) is 24.3 Å². The van der Waals surface area contributed by atoms with Gasteiger partial charge in [0.1, 0.15) is 11.0 Å². The Morgan fingerprint density at radius 3 is 2.88 bits per heavy atom. The molecule has 1 saturated heterocycles. The Hall–Kier alpha value is -2.85. The molecule has 0 radical (unpaired) electrons.